The number of nitrogens with two attached hydrogens (primary N) is 1. The first-order valence-electron chi connectivity index (χ1n) is 8.19. The highest BCUT2D eigenvalue weighted by Crippen LogP contribution is 2.37. The second-order valence-corrected chi connectivity index (χ2v) is 6.24. The minimum Gasteiger partial charge on any atom is -0.368 e. The number of benzene rings is 2. The standard InChI is InChI=1S/C20H15F3N4/c1-27-11-16(14-4-2-3-5-17(14)27)18-15(10-25-19(24)26-18)12-6-8-13(9-7-12)20(21,22)23/h2-11H,1H3,(H2,24,25,26). The number of anilines is 1. The van der Waals surface area contributed by atoms with Gasteiger partial charge in [0.1, 0.15) is 0 Å². The van der Waals surface area contributed by atoms with E-state index in [1.54, 1.807) is 6.20 Å². The van der Waals surface area contributed by atoms with Gasteiger partial charge in [0.05, 0.1) is 11.3 Å². The summed E-state index contributed by atoms with van der Waals surface area (Å²) in [5.74, 6) is 0.105. The monoisotopic (exact) mass is 368 g/mol. The van der Waals surface area contributed by atoms with Crippen LogP contribution in [0.25, 0.3) is 33.3 Å². The van der Waals surface area contributed by atoms with Crippen LogP contribution >= 0.6 is 0 Å². The highest BCUT2D eigenvalue weighted by atomic mass is 19.4. The summed E-state index contributed by atoms with van der Waals surface area (Å²) >= 11 is 0. The van der Waals surface area contributed by atoms with Crippen LogP contribution in [0.5, 0.6) is 0 Å². The third-order valence-electron chi connectivity index (χ3n) is 4.48. The Labute approximate surface area is 153 Å². The second kappa shape index (κ2) is 6.12. The van der Waals surface area contributed by atoms with Gasteiger partial charge in [-0.2, -0.15) is 13.2 Å². The third kappa shape index (κ3) is 3.01. The maximum atomic E-state index is 12.9. The van der Waals surface area contributed by atoms with Crippen LogP contribution in [0.4, 0.5) is 19.1 Å². The van der Waals surface area contributed by atoms with E-state index in [-0.39, 0.29) is 5.95 Å². The fourth-order valence-electron chi connectivity index (χ4n) is 3.18. The number of nitrogens with zero attached hydrogens (tertiary/aromatic N) is 3. The first-order valence-corrected chi connectivity index (χ1v) is 8.19. The average Bonchev–Trinajstić information content (AvgIpc) is 2.98. The number of fused-ring (bicyclic) bond motifs is 1. The molecule has 4 rings (SSSR count). The zero-order valence-electron chi connectivity index (χ0n) is 14.3. The molecule has 0 bridgehead atoms. The Morgan fingerprint density at radius 1 is 0.963 bits per heavy atom. The van der Waals surface area contributed by atoms with Crippen molar-refractivity contribution in [3.63, 3.8) is 0 Å². The number of hydrogen-bond acceptors (Lipinski definition) is 3. The molecular weight excluding hydrogens is 353 g/mol. The minimum absolute atomic E-state index is 0.105. The van der Waals surface area contributed by atoms with Gasteiger partial charge in [0.2, 0.25) is 5.95 Å². The molecule has 0 fully saturated rings. The lowest BCUT2D eigenvalue weighted by Crippen LogP contribution is -2.04. The van der Waals surface area contributed by atoms with Crippen molar-refractivity contribution in [1.82, 2.24) is 14.5 Å². The quantitative estimate of drug-likeness (QED) is 0.547. The molecule has 0 saturated heterocycles. The van der Waals surface area contributed by atoms with Crippen LogP contribution in [-0.4, -0.2) is 14.5 Å². The van der Waals surface area contributed by atoms with Crippen LogP contribution in [0.15, 0.2) is 60.9 Å². The van der Waals surface area contributed by atoms with Crippen LogP contribution in [0.2, 0.25) is 0 Å². The maximum Gasteiger partial charge on any atom is 0.416 e. The smallest absolute Gasteiger partial charge is 0.368 e. The Balaban J connectivity index is 1.91. The number of alkyl halides is 3. The van der Waals surface area contributed by atoms with Gasteiger partial charge in [-0.15, -0.1) is 0 Å². The summed E-state index contributed by atoms with van der Waals surface area (Å²) < 4.78 is 40.5. The first kappa shape index (κ1) is 17.1. The van der Waals surface area contributed by atoms with Gasteiger partial charge in [-0.05, 0) is 23.8 Å². The van der Waals surface area contributed by atoms with Crippen LogP contribution < -0.4 is 5.73 Å². The lowest BCUT2D eigenvalue weighted by molar-refractivity contribution is -0.137. The second-order valence-electron chi connectivity index (χ2n) is 6.24. The summed E-state index contributed by atoms with van der Waals surface area (Å²) in [5.41, 5.74) is 8.75. The number of rotatable bonds is 2. The van der Waals surface area contributed by atoms with Gasteiger partial charge in [-0.3, -0.25) is 0 Å². The van der Waals surface area contributed by atoms with Gasteiger partial charge in [0.15, 0.2) is 0 Å². The molecular formula is C20H15F3N4. The molecule has 2 aromatic carbocycles. The van der Waals surface area contributed by atoms with E-state index >= 15 is 0 Å². The number of hydrogen-bond donors (Lipinski definition) is 1. The molecule has 4 nitrogen and oxygen atoms in total. The first-order chi connectivity index (χ1) is 12.8. The zero-order chi connectivity index (χ0) is 19.2. The Morgan fingerprint density at radius 2 is 1.67 bits per heavy atom. The molecule has 4 aromatic rings. The molecule has 27 heavy (non-hydrogen) atoms. The predicted molar refractivity (Wildman–Crippen MR) is 98.8 cm³/mol. The van der Waals surface area contributed by atoms with Crippen LogP contribution in [-0.2, 0) is 13.2 Å². The topological polar surface area (TPSA) is 56.7 Å². The van der Waals surface area contributed by atoms with E-state index in [2.05, 4.69) is 9.97 Å². The van der Waals surface area contributed by atoms with Crippen LogP contribution in [0.1, 0.15) is 5.56 Å². The SMILES string of the molecule is Cn1cc(-c2nc(N)ncc2-c2ccc(C(F)(F)F)cc2)c2ccccc21. The summed E-state index contributed by atoms with van der Waals surface area (Å²) in [6.45, 7) is 0. The number of aromatic nitrogens is 3. The fourth-order valence-corrected chi connectivity index (χ4v) is 3.18. The minimum atomic E-state index is -4.38. The van der Waals surface area contributed by atoms with Crippen molar-refractivity contribution in [2.24, 2.45) is 7.05 Å². The lowest BCUT2D eigenvalue weighted by Gasteiger charge is -2.11. The van der Waals surface area contributed by atoms with Gasteiger partial charge < -0.3 is 10.3 Å². The van der Waals surface area contributed by atoms with Crippen molar-refractivity contribution in [2.75, 3.05) is 5.73 Å². The molecule has 0 unspecified atom stereocenters. The molecule has 0 aliphatic heterocycles. The Kier molecular flexibility index (Phi) is 3.87. The van der Waals surface area contributed by atoms with E-state index < -0.39 is 11.7 Å². The summed E-state index contributed by atoms with van der Waals surface area (Å²) in [6.07, 6.45) is -0.906. The molecule has 0 amide bonds. The van der Waals surface area contributed by atoms with Crippen molar-refractivity contribution >= 4 is 16.9 Å². The lowest BCUT2D eigenvalue weighted by atomic mass is 9.99. The number of nitrogen functional groups attached to an aromatic ring is 1. The third-order valence-corrected chi connectivity index (χ3v) is 4.48. The Morgan fingerprint density at radius 3 is 2.37 bits per heavy atom. The summed E-state index contributed by atoms with van der Waals surface area (Å²) in [6, 6.07) is 12.8. The molecule has 2 aromatic heterocycles. The zero-order valence-corrected chi connectivity index (χ0v) is 14.3. The number of aryl methyl sites for hydroxylation is 1. The largest absolute Gasteiger partial charge is 0.416 e. The molecule has 0 spiro atoms. The number of para-hydroxylation sites is 1. The fraction of sp³-hybridized carbons (Fsp3) is 0.100. The molecule has 0 radical (unpaired) electrons. The predicted octanol–water partition coefficient (Wildman–Crippen LogP) is 4.90. The highest BCUT2D eigenvalue weighted by Gasteiger charge is 2.30. The molecule has 0 atom stereocenters. The molecule has 136 valence electrons. The Hall–Kier alpha value is -3.35. The van der Waals surface area contributed by atoms with Crippen LogP contribution in [0.3, 0.4) is 0 Å². The number of halogens is 3. The van der Waals surface area contributed by atoms with E-state index in [0.29, 0.717) is 16.8 Å². The summed E-state index contributed by atoms with van der Waals surface area (Å²) in [4.78, 5) is 8.42. The van der Waals surface area contributed by atoms with Gasteiger partial charge in [0.25, 0.3) is 0 Å². The molecule has 2 heterocycles. The van der Waals surface area contributed by atoms with E-state index in [1.165, 1.54) is 12.1 Å². The van der Waals surface area contributed by atoms with Crippen LogP contribution in [0, 0.1) is 0 Å². The van der Waals surface area contributed by atoms with Gasteiger partial charge in [0, 0.05) is 41.5 Å². The van der Waals surface area contributed by atoms with Crippen molar-refractivity contribution in [2.45, 2.75) is 6.18 Å². The van der Waals surface area contributed by atoms with E-state index in [0.717, 1.165) is 28.6 Å². The summed E-state index contributed by atoms with van der Waals surface area (Å²) in [7, 11) is 1.92. The average molecular weight is 368 g/mol. The van der Waals surface area contributed by atoms with E-state index in [9.17, 15) is 13.2 Å². The van der Waals surface area contributed by atoms with Gasteiger partial charge >= 0.3 is 6.18 Å². The Bertz CT molecular complexity index is 1130. The van der Waals surface area contributed by atoms with Gasteiger partial charge in [-0.1, -0.05) is 30.3 Å². The maximum absolute atomic E-state index is 12.9. The van der Waals surface area contributed by atoms with E-state index in [4.69, 9.17) is 5.73 Å². The van der Waals surface area contributed by atoms with Crippen molar-refractivity contribution in [3.8, 4) is 22.4 Å². The molecule has 2 N–H and O–H groups in total. The summed E-state index contributed by atoms with van der Waals surface area (Å²) in [5, 5.41) is 0.978. The van der Waals surface area contributed by atoms with Gasteiger partial charge in [-0.25, -0.2) is 9.97 Å². The van der Waals surface area contributed by atoms with Crippen molar-refractivity contribution in [1.29, 1.82) is 0 Å². The van der Waals surface area contributed by atoms with Crippen molar-refractivity contribution in [3.05, 3.63) is 66.5 Å². The molecule has 7 heteroatoms. The molecule has 0 aliphatic carbocycles. The highest BCUT2D eigenvalue weighted by molar-refractivity contribution is 5.98. The normalized spacial score (nSPS) is 11.9. The van der Waals surface area contributed by atoms with E-state index in [1.807, 2.05) is 42.1 Å². The van der Waals surface area contributed by atoms with Crippen molar-refractivity contribution < 1.29 is 13.2 Å². The molecule has 0 aliphatic rings. The molecule has 0 saturated carbocycles.